The number of nitrogens with one attached hydrogen (secondary N) is 1. The average Bonchev–Trinajstić information content (AvgIpc) is 0.783. The molecule has 21 heteroatoms. The van der Waals surface area contributed by atoms with E-state index in [0.717, 1.165) is 120 Å². The first kappa shape index (κ1) is 83.5. The molecular formula is C93H110ClN7O13. The monoisotopic (exact) mass is 1570 g/mol. The molecule has 8 aromatic carbocycles. The zero-order valence-corrected chi connectivity index (χ0v) is 66.4. The van der Waals surface area contributed by atoms with Crippen molar-refractivity contribution in [2.24, 2.45) is 17.8 Å². The van der Waals surface area contributed by atoms with Crippen molar-refractivity contribution >= 4 is 47.2 Å². The first-order valence-corrected chi connectivity index (χ1v) is 41.2. The number of amides is 3. The third-order valence-electron chi connectivity index (χ3n) is 23.5. The second-order valence-corrected chi connectivity index (χ2v) is 30.9. The number of carboxylic acids is 2. The number of piperidine rings is 9. The first-order valence-electron chi connectivity index (χ1n) is 40.8. The summed E-state index contributed by atoms with van der Waals surface area (Å²) in [7, 11) is 0. The molecule has 9 saturated heterocycles. The number of aliphatic hydroxyl groups is 1. The van der Waals surface area contributed by atoms with Crippen molar-refractivity contribution in [3.8, 4) is 0 Å². The highest BCUT2D eigenvalue weighted by Crippen LogP contribution is 2.41. The van der Waals surface area contributed by atoms with E-state index < -0.39 is 17.4 Å². The van der Waals surface area contributed by atoms with Gasteiger partial charge in [-0.1, -0.05) is 218 Å². The van der Waals surface area contributed by atoms with E-state index in [4.69, 9.17) is 36.0 Å². The Hall–Kier alpha value is -9.93. The standard InChI is InChI=1S/2C23H26N2O2.C18H19NO2.C15H15N.C7H13NO.C4H6O4.C3H5ClO2/c2*26-23(27-21-16-24-13-10-18(21)11-14-24)25-15-12-17-6-4-5-9-20(17)22(25)19-7-2-1-3-8-19;1-2-21-18(20)19-13-12-14-8-6-7-11-16(14)17(19)15-9-4-3-5-10-15;1-2-7-13(8-3-1)15-14-9-5-4-6-12(14)10-11-16-15;9-7-5-8-3-1-6(7)2-4-8;5-3(6)1-2-4(7)8;1-2-6-3(4)5/h2*1-9,18,21-22H,10-16H2;3-11,17H,2,12-13H2,1H3;1-9,15-16H,10-11H2;6-7,9H,1-5H2;1-2H2,(H,5,6)(H,7,8);2H2,1H3. The van der Waals surface area contributed by atoms with E-state index in [9.17, 15) is 33.9 Å². The average molecular weight is 1570 g/mol. The molecule has 8 aromatic rings. The molecule has 7 unspecified atom stereocenters. The van der Waals surface area contributed by atoms with Crippen molar-refractivity contribution < 1.29 is 63.0 Å². The van der Waals surface area contributed by atoms with Crippen molar-refractivity contribution in [1.29, 1.82) is 0 Å². The minimum atomic E-state index is -1.08. The fourth-order valence-electron chi connectivity index (χ4n) is 17.7. The van der Waals surface area contributed by atoms with Gasteiger partial charge in [-0.2, -0.15) is 0 Å². The van der Waals surface area contributed by atoms with Crippen molar-refractivity contribution in [2.75, 3.05) is 98.3 Å². The molecule has 0 spiro atoms. The predicted molar refractivity (Wildman–Crippen MR) is 440 cm³/mol. The fourth-order valence-corrected chi connectivity index (χ4v) is 17.8. The van der Waals surface area contributed by atoms with Crippen LogP contribution in [0.4, 0.5) is 19.2 Å². The van der Waals surface area contributed by atoms with E-state index in [1.165, 1.54) is 76.0 Å². The number of aliphatic hydroxyl groups excluding tert-OH is 1. The van der Waals surface area contributed by atoms with E-state index in [2.05, 4.69) is 182 Å². The molecule has 13 aliphatic rings. The van der Waals surface area contributed by atoms with Crippen LogP contribution < -0.4 is 5.32 Å². The van der Waals surface area contributed by atoms with Crippen molar-refractivity contribution in [2.45, 2.75) is 133 Å². The molecule has 0 saturated carbocycles. The van der Waals surface area contributed by atoms with E-state index >= 15 is 0 Å². The lowest BCUT2D eigenvalue weighted by molar-refractivity contribution is -0.143. The lowest BCUT2D eigenvalue weighted by Crippen LogP contribution is -2.53. The maximum Gasteiger partial charge on any atom is 0.410 e. The number of carbonyl (C=O) groups is 6. The second-order valence-electron chi connectivity index (χ2n) is 30.6. The Kier molecular flexibility index (Phi) is 30.7. The molecule has 21 rings (SSSR count). The van der Waals surface area contributed by atoms with E-state index in [0.29, 0.717) is 56.6 Å². The van der Waals surface area contributed by atoms with Crippen LogP contribution >= 0.6 is 11.6 Å². The van der Waals surface area contributed by atoms with Crippen molar-refractivity contribution in [1.82, 2.24) is 34.7 Å². The number of carbonyl (C=O) groups excluding carboxylic acids is 4. The molecule has 4 N–H and O–H groups in total. The molecule has 6 bridgehead atoms. The Bertz CT molecular complexity index is 4240. The molecule has 7 atom stereocenters. The van der Waals surface area contributed by atoms with E-state index in [1.54, 1.807) is 6.92 Å². The van der Waals surface area contributed by atoms with Crippen LogP contribution in [-0.4, -0.2) is 197 Å². The van der Waals surface area contributed by atoms with Gasteiger partial charge in [-0.3, -0.25) is 34.1 Å². The summed E-state index contributed by atoms with van der Waals surface area (Å²) >= 11 is 4.72. The topological polar surface area (TPSA) is 232 Å². The highest BCUT2D eigenvalue weighted by Gasteiger charge is 2.43. The smallest absolute Gasteiger partial charge is 0.410 e. The van der Waals surface area contributed by atoms with Crippen LogP contribution in [0.2, 0.25) is 0 Å². The van der Waals surface area contributed by atoms with Gasteiger partial charge in [-0.05, 0) is 202 Å². The van der Waals surface area contributed by atoms with Crippen molar-refractivity contribution in [3.05, 3.63) is 285 Å². The molecule has 20 nitrogen and oxygen atoms in total. The lowest BCUT2D eigenvalue weighted by Gasteiger charge is -2.45. The van der Waals surface area contributed by atoms with Crippen LogP contribution in [-0.2, 0) is 54.2 Å². The summed E-state index contributed by atoms with van der Waals surface area (Å²) < 4.78 is 21.6. The quantitative estimate of drug-likeness (QED) is 0.0696. The zero-order chi connectivity index (χ0) is 79.7. The normalized spacial score (nSPS) is 24.6. The van der Waals surface area contributed by atoms with Gasteiger partial charge < -0.3 is 44.5 Å². The molecule has 602 valence electrons. The number of aliphatic carboxylic acids is 2. The van der Waals surface area contributed by atoms with Gasteiger partial charge >= 0.3 is 35.6 Å². The Balaban J connectivity index is 0.000000130. The van der Waals surface area contributed by atoms with Gasteiger partial charge in [0.1, 0.15) is 12.2 Å². The summed E-state index contributed by atoms with van der Waals surface area (Å²) in [5.41, 5.74) is 14.6. The highest BCUT2D eigenvalue weighted by molar-refractivity contribution is 6.61. The number of ether oxygens (including phenoxy) is 4. The maximum atomic E-state index is 13.2. The van der Waals surface area contributed by atoms with Crippen LogP contribution in [0.5, 0.6) is 0 Å². The molecule has 9 fully saturated rings. The Morgan fingerprint density at radius 3 is 0.991 bits per heavy atom. The number of carboxylic acid groups (broad SMARTS) is 2. The van der Waals surface area contributed by atoms with Gasteiger partial charge in [-0.15, -0.1) is 0 Å². The molecular weight excluding hydrogens is 1460 g/mol. The number of hydrogen-bond acceptors (Lipinski definition) is 15. The third kappa shape index (κ3) is 22.3. The number of hydrogen-bond donors (Lipinski definition) is 4. The molecule has 0 aromatic heterocycles. The van der Waals surface area contributed by atoms with Crippen molar-refractivity contribution in [3.63, 3.8) is 0 Å². The van der Waals surface area contributed by atoms with E-state index in [1.807, 2.05) is 82.3 Å². The maximum absolute atomic E-state index is 13.2. The van der Waals surface area contributed by atoms with Gasteiger partial charge in [0.2, 0.25) is 0 Å². The molecule has 0 radical (unpaired) electrons. The third-order valence-corrected chi connectivity index (χ3v) is 23.6. The Morgan fingerprint density at radius 1 is 0.377 bits per heavy atom. The SMILES string of the molecule is CCOC(=O)Cl.CCOC(=O)N1CCc2ccccc2C1c1ccccc1.O=C(O)CCC(=O)O.O=C(OC1CN2CCC1CC2)N1CCc2ccccc2C1c1ccccc1.O=C(OC1CN2CCC1CC2)N1CCc2ccccc2C1c1ccccc1.OC1CN2CCC1CC2.c1ccc(C2NCCc3ccccc32)cc1. The van der Waals surface area contributed by atoms with E-state index in [-0.39, 0.29) is 67.6 Å². The molecule has 0 aliphatic carbocycles. The minimum Gasteiger partial charge on any atom is -0.481 e. The predicted octanol–water partition coefficient (Wildman–Crippen LogP) is 15.8. The van der Waals surface area contributed by atoms with Gasteiger partial charge in [0, 0.05) is 57.4 Å². The summed E-state index contributed by atoms with van der Waals surface area (Å²) in [6, 6.07) is 75.7. The number of benzene rings is 8. The number of halogens is 1. The summed E-state index contributed by atoms with van der Waals surface area (Å²) in [5.74, 6) is -0.452. The number of rotatable bonds is 11. The summed E-state index contributed by atoms with van der Waals surface area (Å²) in [5, 5.41) is 28.7. The van der Waals surface area contributed by atoms with Crippen LogP contribution in [0, 0.1) is 17.8 Å². The van der Waals surface area contributed by atoms with Gasteiger partial charge in [0.15, 0.2) is 0 Å². The van der Waals surface area contributed by atoms with Crippen LogP contribution in [0.3, 0.4) is 0 Å². The molecule has 13 aliphatic heterocycles. The van der Waals surface area contributed by atoms with Gasteiger partial charge in [0.05, 0.1) is 56.3 Å². The van der Waals surface area contributed by atoms with Crippen LogP contribution in [0.1, 0.15) is 156 Å². The number of nitrogens with zero attached hydrogens (tertiary/aromatic N) is 6. The molecule has 3 amide bonds. The summed E-state index contributed by atoms with van der Waals surface area (Å²) in [6.45, 7) is 17.3. The summed E-state index contributed by atoms with van der Waals surface area (Å²) in [6.07, 6.45) is 9.80. The fraction of sp³-hybridized carbons (Fsp3) is 0.419. The summed E-state index contributed by atoms with van der Waals surface area (Å²) in [4.78, 5) is 80.5. The second kappa shape index (κ2) is 41.9. The Morgan fingerprint density at radius 2 is 0.693 bits per heavy atom. The van der Waals surface area contributed by atoms with Crippen LogP contribution in [0.25, 0.3) is 0 Å². The first-order chi connectivity index (χ1) is 55.6. The highest BCUT2D eigenvalue weighted by atomic mass is 35.5. The lowest BCUT2D eigenvalue weighted by atomic mass is 9.86. The number of fused-ring (bicyclic) bond motifs is 13. The zero-order valence-electron chi connectivity index (χ0n) is 65.6. The van der Waals surface area contributed by atoms with Gasteiger partial charge in [0.25, 0.3) is 0 Å². The van der Waals surface area contributed by atoms with Gasteiger partial charge in [-0.25, -0.2) is 19.2 Å². The largest absolute Gasteiger partial charge is 0.481 e. The molecule has 114 heavy (non-hydrogen) atoms. The molecule has 13 heterocycles. The van der Waals surface area contributed by atoms with Crippen LogP contribution in [0.15, 0.2) is 218 Å². The Labute approximate surface area is 675 Å². The minimum absolute atomic E-state index is 0.00694.